The summed E-state index contributed by atoms with van der Waals surface area (Å²) in [6.45, 7) is 0. The number of nitrogens with one attached hydrogen (secondary N) is 1. The van der Waals surface area contributed by atoms with Crippen LogP contribution in [0.4, 0.5) is 11.4 Å². The second-order valence-electron chi connectivity index (χ2n) is 10.4. The van der Waals surface area contributed by atoms with Gasteiger partial charge in [-0.1, -0.05) is 146 Å². The topological polar surface area (TPSA) is 42.8 Å². The summed E-state index contributed by atoms with van der Waals surface area (Å²) < 4.78 is 17.6. The fourth-order valence-corrected chi connectivity index (χ4v) is 14.8. The van der Waals surface area contributed by atoms with E-state index >= 15 is 0 Å². The van der Waals surface area contributed by atoms with Crippen molar-refractivity contribution in [3.63, 3.8) is 0 Å². The monoisotopic (exact) mass is 626 g/mol. The first-order chi connectivity index (χ1) is 22.2. The zero-order chi connectivity index (χ0) is 31.0. The van der Waals surface area contributed by atoms with Gasteiger partial charge in [0.1, 0.15) is 17.2 Å². The lowest BCUT2D eigenvalue weighted by atomic mass is 10.3. The summed E-state index contributed by atoms with van der Waals surface area (Å²) in [5.74, 6) is 1.52. The molecule has 0 unspecified atom stereocenters. The molecule has 0 atom stereocenters. The van der Waals surface area contributed by atoms with Gasteiger partial charge in [0, 0.05) is 17.6 Å². The highest BCUT2D eigenvalue weighted by Gasteiger charge is 2.32. The average Bonchev–Trinajstić information content (AvgIpc) is 3.13. The molecule has 0 aliphatic heterocycles. The van der Waals surface area contributed by atoms with Crippen LogP contribution in [0, 0.1) is 0 Å². The summed E-state index contributed by atoms with van der Waals surface area (Å²) in [4.78, 5) is 0. The molecule has 0 saturated heterocycles. The van der Waals surface area contributed by atoms with Crippen LogP contribution in [-0.4, -0.2) is 19.8 Å². The molecule has 0 heterocycles. The second kappa shape index (κ2) is 13.9. The van der Waals surface area contributed by atoms with Gasteiger partial charge < -0.3 is 14.6 Å². The Morgan fingerprint density at radius 2 is 0.867 bits per heavy atom. The number of ether oxygens (including phenoxy) is 2. The van der Waals surface area contributed by atoms with Gasteiger partial charge in [-0.2, -0.15) is 0 Å². The first-order valence-corrected chi connectivity index (χ1v) is 18.5. The summed E-state index contributed by atoms with van der Waals surface area (Å²) >= 11 is 0. The van der Waals surface area contributed by atoms with Crippen LogP contribution in [0.1, 0.15) is 0 Å². The van der Waals surface area contributed by atoms with Gasteiger partial charge in [-0.3, -0.25) is 4.74 Å². The second-order valence-corrected chi connectivity index (χ2v) is 16.7. The zero-order valence-electron chi connectivity index (χ0n) is 25.4. The van der Waals surface area contributed by atoms with Crippen LogP contribution in [0.2, 0.25) is 0 Å². The Balaban J connectivity index is 1.85. The van der Waals surface area contributed by atoms with Gasteiger partial charge in [-0.05, 0) is 40.4 Å². The molecule has 1 N–H and O–H groups in total. The summed E-state index contributed by atoms with van der Waals surface area (Å²) in [5, 5.41) is 8.80. The fraction of sp³-hybridized carbons (Fsp3) is 0.0513. The standard InChI is InChI=1S/C39H36N2O2P2/c1-42-38-29-17-15-27-36(38)40-44(32-19-7-3-8-20-32,33-21-9-4-10-22-33)31-45(34-23-11-5-12-24-34,35-25-13-6-14-26-35)41-37-28-16-18-30-39(37)43-2/h3-31,40H,1-2H3. The van der Waals surface area contributed by atoms with Gasteiger partial charge in [-0.25, -0.2) is 0 Å². The van der Waals surface area contributed by atoms with Gasteiger partial charge in [0.25, 0.3) is 0 Å². The molecule has 6 heteroatoms. The molecule has 0 bridgehead atoms. The smallest absolute Gasteiger partial charge is 0.144 e. The van der Waals surface area contributed by atoms with E-state index in [-0.39, 0.29) is 0 Å². The van der Waals surface area contributed by atoms with E-state index in [4.69, 9.17) is 14.2 Å². The molecule has 0 saturated carbocycles. The average molecular weight is 627 g/mol. The Morgan fingerprint density at radius 1 is 0.467 bits per heavy atom. The van der Waals surface area contributed by atoms with Crippen LogP contribution in [0.5, 0.6) is 11.5 Å². The summed E-state index contributed by atoms with van der Waals surface area (Å²) in [7, 11) is -1.90. The highest BCUT2D eigenvalue weighted by Crippen LogP contribution is 2.58. The maximum Gasteiger partial charge on any atom is 0.144 e. The van der Waals surface area contributed by atoms with Crippen molar-refractivity contribution >= 4 is 52.2 Å². The summed E-state index contributed by atoms with van der Waals surface area (Å²) in [5.41, 5.74) is 4.30. The van der Waals surface area contributed by atoms with Crippen molar-refractivity contribution < 1.29 is 9.47 Å². The molecule has 0 amide bonds. The molecule has 0 aliphatic rings. The van der Waals surface area contributed by atoms with Gasteiger partial charge in [-0.15, -0.1) is 0 Å². The fourth-order valence-electron chi connectivity index (χ4n) is 5.56. The molecule has 4 nitrogen and oxygen atoms in total. The van der Waals surface area contributed by atoms with E-state index in [2.05, 4.69) is 138 Å². The molecule has 6 aromatic carbocycles. The Bertz CT molecular complexity index is 1880. The largest absolute Gasteiger partial charge is 0.495 e. The number of benzene rings is 6. The number of hydrogen-bond donors (Lipinski definition) is 1. The predicted octanol–water partition coefficient (Wildman–Crippen LogP) is 8.64. The molecule has 45 heavy (non-hydrogen) atoms. The Hall–Kier alpha value is -4.75. The maximum absolute atomic E-state index is 5.90. The van der Waals surface area contributed by atoms with E-state index in [9.17, 15) is 0 Å². The number of nitrogens with zero attached hydrogens (tertiary/aromatic N) is 1. The zero-order valence-corrected chi connectivity index (χ0v) is 27.2. The lowest BCUT2D eigenvalue weighted by molar-refractivity contribution is 0.416. The third kappa shape index (κ3) is 6.26. The summed E-state index contributed by atoms with van der Waals surface area (Å²) in [6, 6.07) is 59.1. The third-order valence-corrected chi connectivity index (χ3v) is 16.0. The van der Waals surface area contributed by atoms with Crippen LogP contribution >= 0.6 is 14.1 Å². The van der Waals surface area contributed by atoms with Crippen molar-refractivity contribution in [2.45, 2.75) is 0 Å². The Kier molecular flexibility index (Phi) is 9.36. The van der Waals surface area contributed by atoms with Gasteiger partial charge in [0.2, 0.25) is 0 Å². The van der Waals surface area contributed by atoms with E-state index in [1.54, 1.807) is 14.2 Å². The van der Waals surface area contributed by atoms with Gasteiger partial charge in [0.15, 0.2) is 0 Å². The minimum Gasteiger partial charge on any atom is -0.495 e. The maximum atomic E-state index is 5.90. The molecule has 224 valence electrons. The lowest BCUT2D eigenvalue weighted by Gasteiger charge is -2.34. The van der Waals surface area contributed by atoms with Gasteiger partial charge >= 0.3 is 0 Å². The molecule has 0 spiro atoms. The quantitative estimate of drug-likeness (QED) is 0.155. The molecule has 6 aromatic rings. The highest BCUT2D eigenvalue weighted by molar-refractivity contribution is 8.08. The van der Waals surface area contributed by atoms with E-state index in [1.165, 1.54) is 10.6 Å². The molecule has 0 fully saturated rings. The van der Waals surface area contributed by atoms with Crippen LogP contribution in [0.3, 0.4) is 0 Å². The van der Waals surface area contributed by atoms with E-state index in [0.717, 1.165) is 33.5 Å². The van der Waals surface area contributed by atoms with E-state index in [1.807, 2.05) is 42.5 Å². The number of anilines is 1. The van der Waals surface area contributed by atoms with Crippen molar-refractivity contribution in [2.24, 2.45) is 4.74 Å². The molecular formula is C39H36N2O2P2. The van der Waals surface area contributed by atoms with Crippen LogP contribution in [-0.2, 0) is 0 Å². The molecular weight excluding hydrogens is 590 g/mol. The molecule has 0 radical (unpaired) electrons. The molecule has 0 aromatic heterocycles. The highest BCUT2D eigenvalue weighted by atomic mass is 31.2. The third-order valence-electron chi connectivity index (χ3n) is 7.72. The summed E-state index contributed by atoms with van der Waals surface area (Å²) in [6.07, 6.45) is 0. The van der Waals surface area contributed by atoms with Crippen molar-refractivity contribution in [2.75, 3.05) is 19.3 Å². The van der Waals surface area contributed by atoms with Crippen LogP contribution in [0.15, 0.2) is 175 Å². The normalized spacial score (nSPS) is 11.3. The van der Waals surface area contributed by atoms with Crippen LogP contribution < -0.4 is 35.8 Å². The number of hydrogen-bond acceptors (Lipinski definition) is 4. The predicted molar refractivity (Wildman–Crippen MR) is 196 cm³/mol. The van der Waals surface area contributed by atoms with Gasteiger partial charge in [0.05, 0.1) is 27.0 Å². The molecule has 0 aliphatic carbocycles. The lowest BCUT2D eigenvalue weighted by Crippen LogP contribution is -2.27. The first-order valence-electron chi connectivity index (χ1n) is 14.8. The minimum absolute atomic E-state index is 0.739. The number of rotatable bonds is 10. The van der Waals surface area contributed by atoms with Crippen molar-refractivity contribution in [1.82, 2.24) is 0 Å². The van der Waals surface area contributed by atoms with E-state index in [0.29, 0.717) is 0 Å². The number of methoxy groups -OCH3 is 2. The van der Waals surface area contributed by atoms with Crippen molar-refractivity contribution in [3.05, 3.63) is 170 Å². The Labute approximate surface area is 266 Å². The first kappa shape index (κ1) is 30.3. The molecule has 6 rings (SSSR count). The Morgan fingerprint density at radius 3 is 1.36 bits per heavy atom. The van der Waals surface area contributed by atoms with Crippen molar-refractivity contribution in [3.8, 4) is 11.5 Å². The SMILES string of the molecule is COc1ccccc1N=P(C=P(Nc1ccccc1OC)(c1ccccc1)c1ccccc1)(c1ccccc1)c1ccccc1. The van der Waals surface area contributed by atoms with E-state index < -0.39 is 14.1 Å². The van der Waals surface area contributed by atoms with Crippen molar-refractivity contribution in [1.29, 1.82) is 0 Å². The van der Waals surface area contributed by atoms with Crippen LogP contribution in [0.25, 0.3) is 0 Å². The number of para-hydroxylation sites is 3. The minimum atomic E-state index is -2.71.